The third-order valence-electron chi connectivity index (χ3n) is 1.42. The van der Waals surface area contributed by atoms with E-state index in [1.807, 2.05) is 11.8 Å². The minimum absolute atomic E-state index is 0.333. The maximum atomic E-state index is 2.28. The summed E-state index contributed by atoms with van der Waals surface area (Å²) >= 11 is 1.97. The van der Waals surface area contributed by atoms with Gasteiger partial charge in [0.2, 0.25) is 0 Å². The summed E-state index contributed by atoms with van der Waals surface area (Å²) in [5.74, 6) is 1.18. The van der Waals surface area contributed by atoms with Crippen molar-refractivity contribution in [2.75, 3.05) is 5.75 Å². The minimum Gasteiger partial charge on any atom is -0.130 e. The highest BCUT2D eigenvalue weighted by Gasteiger charge is 2.17. The monoisotopic (exact) mass is 172 g/mol. The van der Waals surface area contributed by atoms with Gasteiger partial charge in [-0.1, -0.05) is 33.3 Å². The first-order valence-electron chi connectivity index (χ1n) is 4.20. The van der Waals surface area contributed by atoms with E-state index >= 15 is 0 Å². The van der Waals surface area contributed by atoms with Crippen LogP contribution in [0, 0.1) is 5.41 Å². The van der Waals surface area contributed by atoms with Crippen LogP contribution in [0.15, 0.2) is 10.5 Å². The normalized spacial score (nSPS) is 11.5. The zero-order chi connectivity index (χ0) is 9.07. The summed E-state index contributed by atoms with van der Waals surface area (Å²) in [4.78, 5) is 1.54. The second-order valence-electron chi connectivity index (χ2n) is 4.01. The van der Waals surface area contributed by atoms with E-state index in [9.17, 15) is 0 Å². The zero-order valence-corrected chi connectivity index (χ0v) is 9.43. The molecule has 0 rings (SSSR count). The van der Waals surface area contributed by atoms with Gasteiger partial charge in [-0.15, -0.1) is 11.8 Å². The first-order chi connectivity index (χ1) is 4.89. The van der Waals surface area contributed by atoms with Crippen molar-refractivity contribution < 1.29 is 0 Å². The van der Waals surface area contributed by atoms with Crippen LogP contribution in [-0.4, -0.2) is 5.75 Å². The van der Waals surface area contributed by atoms with E-state index < -0.39 is 0 Å². The quantitative estimate of drug-likeness (QED) is 0.605. The molecule has 0 N–H and O–H groups in total. The fourth-order valence-corrected chi connectivity index (χ4v) is 2.27. The van der Waals surface area contributed by atoms with E-state index in [1.165, 1.54) is 11.3 Å². The zero-order valence-electron chi connectivity index (χ0n) is 8.62. The Kier molecular flexibility index (Phi) is 4.23. The third kappa shape index (κ3) is 3.85. The van der Waals surface area contributed by atoms with Crippen molar-refractivity contribution in [2.45, 2.75) is 41.5 Å². The molecule has 0 bridgehead atoms. The summed E-state index contributed by atoms with van der Waals surface area (Å²) in [6, 6.07) is 0. The highest BCUT2D eigenvalue weighted by molar-refractivity contribution is 8.03. The summed E-state index contributed by atoms with van der Waals surface area (Å²) in [7, 11) is 0. The molecule has 0 aromatic heterocycles. The molecule has 0 aliphatic carbocycles. The number of rotatable bonds is 2. The van der Waals surface area contributed by atoms with Crippen molar-refractivity contribution in [3.05, 3.63) is 10.5 Å². The second-order valence-corrected chi connectivity index (χ2v) is 5.29. The van der Waals surface area contributed by atoms with Crippen molar-refractivity contribution in [1.82, 2.24) is 0 Å². The molecule has 0 fully saturated rings. The molecule has 0 aliphatic rings. The van der Waals surface area contributed by atoms with Crippen LogP contribution in [0.25, 0.3) is 0 Å². The molecular weight excluding hydrogens is 152 g/mol. The van der Waals surface area contributed by atoms with Crippen molar-refractivity contribution in [3.8, 4) is 0 Å². The fraction of sp³-hybridized carbons (Fsp3) is 0.800. The molecule has 0 unspecified atom stereocenters. The molecule has 0 saturated heterocycles. The Bertz CT molecular complexity index is 145. The lowest BCUT2D eigenvalue weighted by Gasteiger charge is -2.23. The number of thioether (sulfide) groups is 1. The molecule has 0 aromatic rings. The summed E-state index contributed by atoms with van der Waals surface area (Å²) in [5, 5.41) is 0. The molecule has 0 aromatic carbocycles. The summed E-state index contributed by atoms with van der Waals surface area (Å²) in [5.41, 5.74) is 1.80. The lowest BCUT2D eigenvalue weighted by atomic mass is 9.94. The topological polar surface area (TPSA) is 0 Å². The summed E-state index contributed by atoms with van der Waals surface area (Å²) < 4.78 is 0. The Morgan fingerprint density at radius 2 is 1.64 bits per heavy atom. The van der Waals surface area contributed by atoms with Crippen LogP contribution in [0.4, 0.5) is 0 Å². The molecule has 0 amide bonds. The van der Waals surface area contributed by atoms with Crippen LogP contribution >= 0.6 is 11.8 Å². The smallest absolute Gasteiger partial charge is 0.00515 e. The van der Waals surface area contributed by atoms with E-state index in [2.05, 4.69) is 41.5 Å². The van der Waals surface area contributed by atoms with Gasteiger partial charge in [-0.25, -0.2) is 0 Å². The number of hydrogen-bond acceptors (Lipinski definition) is 1. The first kappa shape index (κ1) is 11.1. The van der Waals surface area contributed by atoms with Gasteiger partial charge in [-0.05, 0) is 29.9 Å². The molecule has 0 spiro atoms. The molecule has 0 atom stereocenters. The van der Waals surface area contributed by atoms with Gasteiger partial charge in [0.25, 0.3) is 0 Å². The fourth-order valence-electron chi connectivity index (χ4n) is 1.26. The molecule has 66 valence electrons. The average molecular weight is 172 g/mol. The molecule has 0 radical (unpaired) electrons. The summed E-state index contributed by atoms with van der Waals surface area (Å²) in [6.45, 7) is 13.4. The Labute approximate surface area is 75.5 Å². The Hall–Kier alpha value is 0.0900. The predicted octanol–water partition coefficient (Wildman–Crippen LogP) is 4.08. The molecule has 1 heteroatoms. The first-order valence-corrected chi connectivity index (χ1v) is 5.19. The molecular formula is C10H20S. The average Bonchev–Trinajstić information content (AvgIpc) is 1.79. The van der Waals surface area contributed by atoms with Gasteiger partial charge in [0, 0.05) is 0 Å². The van der Waals surface area contributed by atoms with E-state index in [0.717, 1.165) is 0 Å². The van der Waals surface area contributed by atoms with E-state index in [4.69, 9.17) is 0 Å². The SMILES string of the molecule is CCSC(=C(C)C)C(C)(C)C. The molecule has 0 nitrogen and oxygen atoms in total. The van der Waals surface area contributed by atoms with Crippen LogP contribution in [0.3, 0.4) is 0 Å². The maximum Gasteiger partial charge on any atom is -0.00515 e. The van der Waals surface area contributed by atoms with Crippen molar-refractivity contribution >= 4 is 11.8 Å². The van der Waals surface area contributed by atoms with Crippen molar-refractivity contribution in [3.63, 3.8) is 0 Å². The van der Waals surface area contributed by atoms with Crippen LogP contribution in [0.5, 0.6) is 0 Å². The van der Waals surface area contributed by atoms with Crippen LogP contribution in [0.1, 0.15) is 41.5 Å². The van der Waals surface area contributed by atoms with Gasteiger partial charge in [0.15, 0.2) is 0 Å². The highest BCUT2D eigenvalue weighted by Crippen LogP contribution is 2.36. The standard InChI is InChI=1S/C10H20S/c1-7-11-9(8(2)3)10(4,5)6/h7H2,1-6H3. The highest BCUT2D eigenvalue weighted by atomic mass is 32.2. The van der Waals surface area contributed by atoms with E-state index in [0.29, 0.717) is 5.41 Å². The molecule has 0 aliphatic heterocycles. The Balaban J connectivity index is 4.50. The van der Waals surface area contributed by atoms with Crippen LogP contribution < -0.4 is 0 Å². The Morgan fingerprint density at radius 3 is 1.73 bits per heavy atom. The van der Waals surface area contributed by atoms with Gasteiger partial charge < -0.3 is 0 Å². The van der Waals surface area contributed by atoms with Gasteiger partial charge in [-0.2, -0.15) is 0 Å². The molecule has 0 saturated carbocycles. The maximum absolute atomic E-state index is 2.28. The van der Waals surface area contributed by atoms with Crippen molar-refractivity contribution in [2.24, 2.45) is 5.41 Å². The molecule has 11 heavy (non-hydrogen) atoms. The summed E-state index contributed by atoms with van der Waals surface area (Å²) in [6.07, 6.45) is 0. The largest absolute Gasteiger partial charge is 0.130 e. The lowest BCUT2D eigenvalue weighted by molar-refractivity contribution is 0.528. The van der Waals surface area contributed by atoms with Crippen LogP contribution in [0.2, 0.25) is 0 Å². The molecule has 0 heterocycles. The minimum atomic E-state index is 0.333. The Morgan fingerprint density at radius 1 is 1.18 bits per heavy atom. The second kappa shape index (κ2) is 4.20. The predicted molar refractivity (Wildman–Crippen MR) is 56.0 cm³/mol. The van der Waals surface area contributed by atoms with Gasteiger partial charge in [0.05, 0.1) is 0 Å². The van der Waals surface area contributed by atoms with E-state index in [1.54, 1.807) is 4.91 Å². The van der Waals surface area contributed by atoms with Gasteiger partial charge >= 0.3 is 0 Å². The third-order valence-corrected chi connectivity index (χ3v) is 3.02. The number of hydrogen-bond donors (Lipinski definition) is 0. The van der Waals surface area contributed by atoms with Gasteiger partial charge in [-0.3, -0.25) is 0 Å². The number of allylic oxidation sites excluding steroid dienone is 2. The lowest BCUT2D eigenvalue weighted by Crippen LogP contribution is -2.08. The van der Waals surface area contributed by atoms with Crippen LogP contribution in [-0.2, 0) is 0 Å². The van der Waals surface area contributed by atoms with E-state index in [-0.39, 0.29) is 0 Å². The van der Waals surface area contributed by atoms with Crippen molar-refractivity contribution in [1.29, 1.82) is 0 Å². The van der Waals surface area contributed by atoms with Gasteiger partial charge in [0.1, 0.15) is 0 Å².